The van der Waals surface area contributed by atoms with Crippen molar-refractivity contribution in [2.75, 3.05) is 17.2 Å². The minimum Gasteiger partial charge on any atom is -0.370 e. The average molecular weight is 306 g/mol. The molecule has 1 aromatic rings. The lowest BCUT2D eigenvalue weighted by Gasteiger charge is -2.17. The lowest BCUT2D eigenvalue weighted by atomic mass is 10.2. The van der Waals surface area contributed by atoms with E-state index in [0.29, 0.717) is 12.4 Å². The van der Waals surface area contributed by atoms with E-state index in [2.05, 4.69) is 15.6 Å². The summed E-state index contributed by atoms with van der Waals surface area (Å²) in [5.74, 6) is 0.210. The van der Waals surface area contributed by atoms with E-state index in [0.717, 1.165) is 6.42 Å². The van der Waals surface area contributed by atoms with E-state index in [9.17, 15) is 23.3 Å². The molecule has 0 aliphatic rings. The maximum atomic E-state index is 12.3. The van der Waals surface area contributed by atoms with E-state index in [1.165, 1.54) is 19.1 Å². The van der Waals surface area contributed by atoms with Gasteiger partial charge < -0.3 is 10.6 Å². The third kappa shape index (κ3) is 5.84. The van der Waals surface area contributed by atoms with Crippen molar-refractivity contribution in [3.8, 4) is 0 Å². The molecule has 6 nitrogen and oxygen atoms in total. The maximum absolute atomic E-state index is 12.3. The minimum atomic E-state index is -4.35. The van der Waals surface area contributed by atoms with Gasteiger partial charge in [0.1, 0.15) is 5.82 Å². The molecule has 0 aliphatic carbocycles. The van der Waals surface area contributed by atoms with Crippen molar-refractivity contribution in [3.05, 3.63) is 22.2 Å². The molecule has 21 heavy (non-hydrogen) atoms. The van der Waals surface area contributed by atoms with E-state index < -0.39 is 23.6 Å². The van der Waals surface area contributed by atoms with Gasteiger partial charge in [-0.25, -0.2) is 4.98 Å². The van der Waals surface area contributed by atoms with Crippen LogP contribution in [0.2, 0.25) is 0 Å². The van der Waals surface area contributed by atoms with Crippen molar-refractivity contribution < 1.29 is 18.1 Å². The van der Waals surface area contributed by atoms with Crippen LogP contribution in [0.5, 0.6) is 0 Å². The topological polar surface area (TPSA) is 80.1 Å². The Labute approximate surface area is 119 Å². The van der Waals surface area contributed by atoms with E-state index in [1.54, 1.807) is 0 Å². The van der Waals surface area contributed by atoms with Crippen LogP contribution in [0.3, 0.4) is 0 Å². The van der Waals surface area contributed by atoms with Crippen LogP contribution in [0.4, 0.5) is 30.5 Å². The van der Waals surface area contributed by atoms with E-state index >= 15 is 0 Å². The highest BCUT2D eigenvalue weighted by Gasteiger charge is 2.31. The molecule has 0 amide bonds. The number of halogens is 3. The molecule has 9 heteroatoms. The molecule has 0 spiro atoms. The fraction of sp³-hybridized carbons (Fsp3) is 0.583. The summed E-state index contributed by atoms with van der Waals surface area (Å²) >= 11 is 0. The molecule has 1 unspecified atom stereocenters. The third-order valence-corrected chi connectivity index (χ3v) is 2.55. The molecule has 0 aliphatic heterocycles. The van der Waals surface area contributed by atoms with E-state index in [4.69, 9.17) is 0 Å². The number of hydrogen-bond donors (Lipinski definition) is 2. The molecular formula is C12H17F3N4O2. The first-order chi connectivity index (χ1) is 9.73. The molecule has 0 bridgehead atoms. The molecule has 1 rings (SSSR count). The number of nitrogens with zero attached hydrogens (tertiary/aromatic N) is 2. The number of nitrogens with one attached hydrogen (secondary N) is 2. The first kappa shape index (κ1) is 17.0. The van der Waals surface area contributed by atoms with Gasteiger partial charge in [-0.3, -0.25) is 10.1 Å². The quantitative estimate of drug-likeness (QED) is 0.594. The van der Waals surface area contributed by atoms with Gasteiger partial charge in [-0.1, -0.05) is 6.92 Å². The van der Waals surface area contributed by atoms with Gasteiger partial charge in [-0.15, -0.1) is 0 Å². The van der Waals surface area contributed by atoms with Gasteiger partial charge in [0, 0.05) is 18.7 Å². The summed E-state index contributed by atoms with van der Waals surface area (Å²) in [5, 5.41) is 16.3. The molecular weight excluding hydrogens is 289 g/mol. The van der Waals surface area contributed by atoms with Crippen molar-refractivity contribution >= 4 is 17.3 Å². The Morgan fingerprint density at radius 3 is 2.62 bits per heavy atom. The molecule has 1 atom stereocenters. The highest BCUT2D eigenvalue weighted by Crippen LogP contribution is 2.27. The summed E-state index contributed by atoms with van der Waals surface area (Å²) in [5.41, 5.74) is -0.355. The fourth-order valence-corrected chi connectivity index (χ4v) is 1.69. The summed E-state index contributed by atoms with van der Waals surface area (Å²) in [4.78, 5) is 14.2. The van der Waals surface area contributed by atoms with Gasteiger partial charge in [-0.2, -0.15) is 13.2 Å². The molecule has 0 saturated heterocycles. The fourth-order valence-electron chi connectivity index (χ4n) is 1.69. The van der Waals surface area contributed by atoms with Gasteiger partial charge in [0.05, 0.1) is 11.3 Å². The summed E-state index contributed by atoms with van der Waals surface area (Å²) in [6, 6.07) is 1.62. The number of aromatic nitrogens is 1. The highest BCUT2D eigenvalue weighted by molar-refractivity contribution is 5.60. The molecule has 2 N–H and O–H groups in total. The Bertz CT molecular complexity index is 494. The Hall–Kier alpha value is -2.06. The van der Waals surface area contributed by atoms with Gasteiger partial charge in [0.2, 0.25) is 5.82 Å². The van der Waals surface area contributed by atoms with E-state index in [1.807, 2.05) is 6.92 Å². The Morgan fingerprint density at radius 2 is 2.10 bits per heavy atom. The molecule has 1 aromatic heterocycles. The SMILES string of the molecule is CCCNc1ccc([N+](=O)[O-])c(NC(C)CC(F)(F)F)n1. The van der Waals surface area contributed by atoms with Crippen LogP contribution in [-0.4, -0.2) is 28.7 Å². The lowest BCUT2D eigenvalue weighted by molar-refractivity contribution is -0.384. The number of pyridine rings is 1. The van der Waals surface area contributed by atoms with Crippen molar-refractivity contribution in [1.82, 2.24) is 4.98 Å². The zero-order valence-electron chi connectivity index (χ0n) is 11.7. The number of nitro groups is 1. The molecule has 0 aromatic carbocycles. The highest BCUT2D eigenvalue weighted by atomic mass is 19.4. The van der Waals surface area contributed by atoms with Crippen molar-refractivity contribution in [2.24, 2.45) is 0 Å². The monoisotopic (exact) mass is 306 g/mol. The standard InChI is InChI=1S/C12H17F3N4O2/c1-3-6-16-10-5-4-9(19(20)21)11(18-10)17-8(2)7-12(13,14)15/h4-5,8H,3,6-7H2,1-2H3,(H2,16,17,18). The van der Waals surface area contributed by atoms with Crippen molar-refractivity contribution in [2.45, 2.75) is 38.9 Å². The first-order valence-electron chi connectivity index (χ1n) is 6.45. The second-order valence-electron chi connectivity index (χ2n) is 4.61. The summed E-state index contributed by atoms with van der Waals surface area (Å²) in [6.07, 6.45) is -4.62. The smallest absolute Gasteiger partial charge is 0.370 e. The second-order valence-corrected chi connectivity index (χ2v) is 4.61. The van der Waals surface area contributed by atoms with Crippen molar-refractivity contribution in [1.29, 1.82) is 0 Å². The Morgan fingerprint density at radius 1 is 1.43 bits per heavy atom. The zero-order chi connectivity index (χ0) is 16.0. The normalized spacial score (nSPS) is 12.8. The molecule has 118 valence electrons. The number of anilines is 2. The van der Waals surface area contributed by atoms with Crippen molar-refractivity contribution in [3.63, 3.8) is 0 Å². The van der Waals surface area contributed by atoms with Crippen LogP contribution in [0.1, 0.15) is 26.7 Å². The predicted molar refractivity (Wildman–Crippen MR) is 73.4 cm³/mol. The zero-order valence-corrected chi connectivity index (χ0v) is 11.7. The van der Waals surface area contributed by atoms with Crippen LogP contribution in [0.25, 0.3) is 0 Å². The van der Waals surface area contributed by atoms with Crippen LogP contribution in [0.15, 0.2) is 12.1 Å². The second kappa shape index (κ2) is 7.09. The van der Waals surface area contributed by atoms with Gasteiger partial charge in [0.15, 0.2) is 0 Å². The first-order valence-corrected chi connectivity index (χ1v) is 6.45. The minimum absolute atomic E-state index is 0.169. The Kier molecular flexibility index (Phi) is 5.74. The molecule has 0 fully saturated rings. The number of rotatable bonds is 7. The number of alkyl halides is 3. The third-order valence-electron chi connectivity index (χ3n) is 2.55. The van der Waals surface area contributed by atoms with Gasteiger partial charge >= 0.3 is 11.9 Å². The van der Waals surface area contributed by atoms with Crippen LogP contribution < -0.4 is 10.6 Å². The van der Waals surface area contributed by atoms with Gasteiger partial charge in [-0.05, 0) is 19.4 Å². The van der Waals surface area contributed by atoms with E-state index in [-0.39, 0.29) is 11.5 Å². The van der Waals surface area contributed by atoms with Crippen LogP contribution in [0, 0.1) is 10.1 Å². The summed E-state index contributed by atoms with van der Waals surface area (Å²) in [6.45, 7) is 3.84. The Balaban J connectivity index is 2.92. The van der Waals surface area contributed by atoms with Gasteiger partial charge in [0.25, 0.3) is 0 Å². The summed E-state index contributed by atoms with van der Waals surface area (Å²) in [7, 11) is 0. The molecule has 0 saturated carbocycles. The maximum Gasteiger partial charge on any atom is 0.391 e. The van der Waals surface area contributed by atoms with Crippen LogP contribution >= 0.6 is 0 Å². The molecule has 1 heterocycles. The largest absolute Gasteiger partial charge is 0.391 e. The predicted octanol–water partition coefficient (Wildman–Crippen LogP) is 3.56. The number of hydrogen-bond acceptors (Lipinski definition) is 5. The molecule has 0 radical (unpaired) electrons. The van der Waals surface area contributed by atoms with Crippen LogP contribution in [-0.2, 0) is 0 Å². The lowest BCUT2D eigenvalue weighted by Crippen LogP contribution is -2.25. The summed E-state index contributed by atoms with van der Waals surface area (Å²) < 4.78 is 36.9. The average Bonchev–Trinajstić information content (AvgIpc) is 2.33.